The minimum Gasteiger partial charge on any atom is -0.423 e. The summed E-state index contributed by atoms with van der Waals surface area (Å²) in [5.41, 5.74) is 4.55. The van der Waals surface area contributed by atoms with E-state index in [0.717, 1.165) is 31.8 Å². The fourth-order valence-corrected chi connectivity index (χ4v) is 4.28. The maximum absolute atomic E-state index is 11.9. The second-order valence-electron chi connectivity index (χ2n) is 6.29. The highest BCUT2D eigenvalue weighted by molar-refractivity contribution is 9.10. The Balaban J connectivity index is 1.67. The van der Waals surface area contributed by atoms with Crippen molar-refractivity contribution in [2.24, 2.45) is 0 Å². The van der Waals surface area contributed by atoms with Gasteiger partial charge in [0.1, 0.15) is 11.9 Å². The molecule has 2 aromatic carbocycles. The van der Waals surface area contributed by atoms with Crippen LogP contribution in [0, 0.1) is 13.8 Å². The highest BCUT2D eigenvalue weighted by Crippen LogP contribution is 2.29. The first-order valence-corrected chi connectivity index (χ1v) is 10.1. The Labute approximate surface area is 168 Å². The average molecular weight is 442 g/mol. The van der Waals surface area contributed by atoms with Gasteiger partial charge in [0.2, 0.25) is 0 Å². The molecule has 27 heavy (non-hydrogen) atoms. The van der Waals surface area contributed by atoms with Gasteiger partial charge in [0.25, 0.3) is 0 Å². The van der Waals surface area contributed by atoms with E-state index in [0.29, 0.717) is 11.3 Å². The zero-order chi connectivity index (χ0) is 19.0. The normalized spacial score (nSPS) is 11.2. The number of fused-ring (bicyclic) bond motifs is 1. The van der Waals surface area contributed by atoms with Crippen LogP contribution in [0.25, 0.3) is 16.7 Å². The van der Waals surface area contributed by atoms with Crippen LogP contribution in [0.15, 0.2) is 67.6 Å². The van der Waals surface area contributed by atoms with Gasteiger partial charge in [0, 0.05) is 21.7 Å². The van der Waals surface area contributed by atoms with Crippen LogP contribution in [0.2, 0.25) is 0 Å². The van der Waals surface area contributed by atoms with Crippen LogP contribution >= 0.6 is 27.7 Å². The summed E-state index contributed by atoms with van der Waals surface area (Å²) in [5.74, 6) is 0.591. The zero-order valence-corrected chi connectivity index (χ0v) is 17.2. The predicted molar refractivity (Wildman–Crippen MR) is 111 cm³/mol. The molecule has 0 saturated carbocycles. The molecule has 4 rings (SSSR count). The maximum Gasteiger partial charge on any atom is 0.336 e. The van der Waals surface area contributed by atoms with Crippen molar-refractivity contribution >= 4 is 38.7 Å². The molecule has 0 bridgehead atoms. The first kappa shape index (κ1) is 18.0. The Kier molecular flexibility index (Phi) is 4.88. The van der Waals surface area contributed by atoms with Crippen LogP contribution in [-0.2, 0) is 5.75 Å². The number of aryl methyl sites for hydroxylation is 2. The topological polar surface area (TPSA) is 60.9 Å². The molecule has 0 amide bonds. The number of aromatic nitrogens is 3. The van der Waals surface area contributed by atoms with Crippen molar-refractivity contribution < 1.29 is 4.42 Å². The summed E-state index contributed by atoms with van der Waals surface area (Å²) in [7, 11) is 0. The third-order valence-corrected chi connectivity index (χ3v) is 5.76. The number of hydrogen-bond donors (Lipinski definition) is 0. The van der Waals surface area contributed by atoms with Crippen LogP contribution in [0.4, 0.5) is 0 Å². The van der Waals surface area contributed by atoms with Gasteiger partial charge in [0.15, 0.2) is 5.16 Å². The summed E-state index contributed by atoms with van der Waals surface area (Å²) in [5, 5.41) is 10.0. The van der Waals surface area contributed by atoms with E-state index in [-0.39, 0.29) is 5.63 Å². The van der Waals surface area contributed by atoms with Gasteiger partial charge < -0.3 is 4.42 Å². The Morgan fingerprint density at radius 2 is 2.00 bits per heavy atom. The molecule has 136 valence electrons. The van der Waals surface area contributed by atoms with E-state index in [1.807, 2.05) is 22.8 Å². The molecule has 0 unspecified atom stereocenters. The monoisotopic (exact) mass is 441 g/mol. The highest BCUT2D eigenvalue weighted by atomic mass is 79.9. The van der Waals surface area contributed by atoms with Crippen molar-refractivity contribution in [3.8, 4) is 5.69 Å². The lowest BCUT2D eigenvalue weighted by Crippen LogP contribution is -2.01. The minimum absolute atomic E-state index is 0.355. The summed E-state index contributed by atoms with van der Waals surface area (Å²) in [4.78, 5) is 11.9. The molecule has 0 aliphatic heterocycles. The summed E-state index contributed by atoms with van der Waals surface area (Å²) in [6.45, 7) is 4.15. The van der Waals surface area contributed by atoms with Gasteiger partial charge in [0.05, 0.1) is 5.69 Å². The summed E-state index contributed by atoms with van der Waals surface area (Å²) < 4.78 is 8.16. The second kappa shape index (κ2) is 7.32. The van der Waals surface area contributed by atoms with Crippen molar-refractivity contribution in [3.63, 3.8) is 0 Å². The molecule has 0 aliphatic rings. The van der Waals surface area contributed by atoms with Crippen molar-refractivity contribution in [3.05, 3.63) is 80.4 Å². The summed E-state index contributed by atoms with van der Waals surface area (Å²) >= 11 is 4.95. The van der Waals surface area contributed by atoms with Gasteiger partial charge in [-0.05, 0) is 49.2 Å². The van der Waals surface area contributed by atoms with E-state index < -0.39 is 0 Å². The molecule has 5 nitrogen and oxygen atoms in total. The molecular formula is C20H16BrN3O2S. The standard InChI is InChI=1S/C20H16BrN3O2S/c1-12-3-6-17(13(2)7-12)24-11-22-23-20(24)27-10-14-8-19(25)26-18-9-15(21)4-5-16(14)18/h3-9,11H,10H2,1-2H3. The molecule has 2 heterocycles. The molecule has 7 heteroatoms. The predicted octanol–water partition coefficient (Wildman–Crippen LogP) is 5.05. The summed E-state index contributed by atoms with van der Waals surface area (Å²) in [6, 6.07) is 13.5. The Morgan fingerprint density at radius 1 is 1.15 bits per heavy atom. The van der Waals surface area contributed by atoms with E-state index >= 15 is 0 Å². The van der Waals surface area contributed by atoms with Crippen molar-refractivity contribution in [1.29, 1.82) is 0 Å². The summed E-state index contributed by atoms with van der Waals surface area (Å²) in [6.07, 6.45) is 1.72. The number of nitrogens with zero attached hydrogens (tertiary/aromatic N) is 3. The fraction of sp³-hybridized carbons (Fsp3) is 0.150. The average Bonchev–Trinajstić information content (AvgIpc) is 3.07. The third-order valence-electron chi connectivity index (χ3n) is 4.28. The van der Waals surface area contributed by atoms with Crippen LogP contribution in [-0.4, -0.2) is 14.8 Å². The SMILES string of the molecule is Cc1ccc(-n2cnnc2SCc2cc(=O)oc3cc(Br)ccc23)c(C)c1. The number of halogens is 1. The number of thioether (sulfide) groups is 1. The molecule has 0 spiro atoms. The van der Waals surface area contributed by atoms with Gasteiger partial charge in [-0.3, -0.25) is 4.57 Å². The van der Waals surface area contributed by atoms with Crippen LogP contribution < -0.4 is 5.63 Å². The van der Waals surface area contributed by atoms with Crippen LogP contribution in [0.3, 0.4) is 0 Å². The van der Waals surface area contributed by atoms with Gasteiger partial charge in [-0.2, -0.15) is 0 Å². The molecule has 2 aromatic heterocycles. The first-order valence-electron chi connectivity index (χ1n) is 8.34. The Bertz CT molecular complexity index is 1200. The maximum atomic E-state index is 11.9. The first-order chi connectivity index (χ1) is 13.0. The smallest absolute Gasteiger partial charge is 0.336 e. The fourth-order valence-electron chi connectivity index (χ4n) is 3.03. The Morgan fingerprint density at radius 3 is 2.81 bits per heavy atom. The van der Waals surface area contributed by atoms with E-state index in [2.05, 4.69) is 58.2 Å². The van der Waals surface area contributed by atoms with Crippen molar-refractivity contribution in [2.75, 3.05) is 0 Å². The van der Waals surface area contributed by atoms with E-state index in [1.165, 1.54) is 17.3 Å². The molecular weight excluding hydrogens is 426 g/mol. The molecule has 0 N–H and O–H groups in total. The van der Waals surface area contributed by atoms with Gasteiger partial charge in [-0.15, -0.1) is 10.2 Å². The molecule has 0 aliphatic carbocycles. The van der Waals surface area contributed by atoms with E-state index in [9.17, 15) is 4.79 Å². The lowest BCUT2D eigenvalue weighted by molar-refractivity contribution is 0.559. The lowest BCUT2D eigenvalue weighted by atomic mass is 10.1. The van der Waals surface area contributed by atoms with Crippen molar-refractivity contribution in [2.45, 2.75) is 24.8 Å². The lowest BCUT2D eigenvalue weighted by Gasteiger charge is -2.10. The van der Waals surface area contributed by atoms with Gasteiger partial charge >= 0.3 is 5.63 Å². The molecule has 0 radical (unpaired) electrons. The molecule has 4 aromatic rings. The van der Waals surface area contributed by atoms with E-state index in [4.69, 9.17) is 4.42 Å². The third kappa shape index (κ3) is 3.70. The van der Waals surface area contributed by atoms with Crippen LogP contribution in [0.5, 0.6) is 0 Å². The quantitative estimate of drug-likeness (QED) is 0.327. The number of rotatable bonds is 4. The van der Waals surface area contributed by atoms with E-state index in [1.54, 1.807) is 12.4 Å². The second-order valence-corrected chi connectivity index (χ2v) is 8.15. The minimum atomic E-state index is -0.355. The molecule has 0 saturated heterocycles. The molecule has 0 atom stereocenters. The molecule has 0 fully saturated rings. The highest BCUT2D eigenvalue weighted by Gasteiger charge is 2.12. The van der Waals surface area contributed by atoms with Gasteiger partial charge in [-0.1, -0.05) is 45.4 Å². The van der Waals surface area contributed by atoms with Crippen molar-refractivity contribution in [1.82, 2.24) is 14.8 Å². The number of benzene rings is 2. The zero-order valence-electron chi connectivity index (χ0n) is 14.8. The number of hydrogen-bond acceptors (Lipinski definition) is 5. The Hall–Kier alpha value is -2.38. The van der Waals surface area contributed by atoms with Crippen LogP contribution in [0.1, 0.15) is 16.7 Å². The van der Waals surface area contributed by atoms with Gasteiger partial charge in [-0.25, -0.2) is 4.79 Å². The largest absolute Gasteiger partial charge is 0.423 e.